The topological polar surface area (TPSA) is 60.9 Å². The average Bonchev–Trinajstić information content (AvgIpc) is 2.92. The van der Waals surface area contributed by atoms with Crippen LogP contribution in [0.15, 0.2) is 0 Å². The molecule has 2 rings (SSSR count). The summed E-state index contributed by atoms with van der Waals surface area (Å²) in [6.45, 7) is 6.69. The van der Waals surface area contributed by atoms with Crippen LogP contribution >= 0.6 is 11.8 Å². The summed E-state index contributed by atoms with van der Waals surface area (Å²) in [6, 6.07) is -0.114. The molecule has 1 unspecified atom stereocenters. The van der Waals surface area contributed by atoms with E-state index in [1.165, 1.54) is 0 Å². The van der Waals surface area contributed by atoms with E-state index >= 15 is 0 Å². The van der Waals surface area contributed by atoms with Gasteiger partial charge < -0.3 is 14.9 Å². The fourth-order valence-electron chi connectivity index (χ4n) is 3.38. The molecular weight excluding hydrogens is 288 g/mol. The van der Waals surface area contributed by atoms with Gasteiger partial charge in [0.15, 0.2) is 0 Å². The van der Waals surface area contributed by atoms with E-state index in [1.54, 1.807) is 16.7 Å². The van der Waals surface area contributed by atoms with Gasteiger partial charge in [0.1, 0.15) is 0 Å². The number of thioether (sulfide) groups is 1. The quantitative estimate of drug-likeness (QED) is 0.866. The maximum absolute atomic E-state index is 12.8. The van der Waals surface area contributed by atoms with Gasteiger partial charge in [0, 0.05) is 31.1 Å². The number of carbonyl (C=O) groups excluding carboxylic acids is 1. The summed E-state index contributed by atoms with van der Waals surface area (Å²) in [5, 5.41) is 9.03. The molecular formula is C15H26N2O3S. The summed E-state index contributed by atoms with van der Waals surface area (Å²) in [5.41, 5.74) is 0.266. The van der Waals surface area contributed by atoms with E-state index in [0.29, 0.717) is 6.54 Å². The van der Waals surface area contributed by atoms with E-state index in [2.05, 4.69) is 13.8 Å². The second-order valence-corrected chi connectivity index (χ2v) is 7.33. The van der Waals surface area contributed by atoms with Gasteiger partial charge in [0.2, 0.25) is 0 Å². The molecule has 2 saturated heterocycles. The summed E-state index contributed by atoms with van der Waals surface area (Å²) in [6.07, 6.45) is 3.32. The van der Waals surface area contributed by atoms with Crippen LogP contribution < -0.4 is 0 Å². The number of carbonyl (C=O) groups is 2. The number of nitrogens with zero attached hydrogens (tertiary/aromatic N) is 2. The van der Waals surface area contributed by atoms with Crippen LogP contribution in [0.4, 0.5) is 4.79 Å². The van der Waals surface area contributed by atoms with Gasteiger partial charge in [-0.1, -0.05) is 13.8 Å². The first-order valence-electron chi connectivity index (χ1n) is 7.86. The van der Waals surface area contributed by atoms with Crippen LogP contribution in [0.5, 0.6) is 0 Å². The lowest BCUT2D eigenvalue weighted by Gasteiger charge is -2.37. The third kappa shape index (κ3) is 3.65. The highest BCUT2D eigenvalue weighted by molar-refractivity contribution is 7.99. The molecule has 0 aromatic carbocycles. The smallest absolute Gasteiger partial charge is 0.320 e. The third-order valence-electron chi connectivity index (χ3n) is 5.09. The molecule has 120 valence electrons. The number of rotatable bonds is 4. The second kappa shape index (κ2) is 6.90. The average molecular weight is 314 g/mol. The molecule has 2 fully saturated rings. The molecule has 0 bridgehead atoms. The normalized spacial score (nSPS) is 25.1. The Labute approximate surface area is 131 Å². The van der Waals surface area contributed by atoms with Crippen molar-refractivity contribution in [2.24, 2.45) is 5.41 Å². The third-order valence-corrected chi connectivity index (χ3v) is 6.18. The van der Waals surface area contributed by atoms with E-state index in [9.17, 15) is 9.59 Å². The Bertz CT molecular complexity index is 398. The van der Waals surface area contributed by atoms with E-state index in [-0.39, 0.29) is 23.9 Å². The minimum absolute atomic E-state index is 0.0466. The molecule has 0 spiro atoms. The van der Waals surface area contributed by atoms with E-state index in [4.69, 9.17) is 5.11 Å². The maximum atomic E-state index is 12.8. The first kappa shape index (κ1) is 16.5. The first-order chi connectivity index (χ1) is 10.0. The summed E-state index contributed by atoms with van der Waals surface area (Å²) in [5.74, 6) is 0.819. The number of carboxylic acids is 1. The van der Waals surface area contributed by atoms with Crippen LogP contribution in [0.2, 0.25) is 0 Å². The molecule has 2 amide bonds. The van der Waals surface area contributed by atoms with Crippen LogP contribution in [0.25, 0.3) is 0 Å². The Kier molecular flexibility index (Phi) is 5.41. The molecule has 21 heavy (non-hydrogen) atoms. The summed E-state index contributed by atoms with van der Waals surface area (Å²) >= 11 is 1.74. The zero-order valence-corrected chi connectivity index (χ0v) is 13.8. The lowest BCUT2D eigenvalue weighted by atomic mass is 9.82. The molecule has 0 aromatic rings. The molecule has 2 heterocycles. The van der Waals surface area contributed by atoms with Gasteiger partial charge in [-0.15, -0.1) is 0 Å². The van der Waals surface area contributed by atoms with Crippen molar-refractivity contribution < 1.29 is 14.7 Å². The van der Waals surface area contributed by atoms with Crippen molar-refractivity contribution in [3.05, 3.63) is 0 Å². The first-order valence-corrected chi connectivity index (χ1v) is 9.02. The Hall–Kier alpha value is -0.910. The van der Waals surface area contributed by atoms with Crippen LogP contribution in [0, 0.1) is 5.41 Å². The van der Waals surface area contributed by atoms with Crippen molar-refractivity contribution in [2.75, 3.05) is 31.1 Å². The van der Waals surface area contributed by atoms with Crippen molar-refractivity contribution in [1.29, 1.82) is 0 Å². The van der Waals surface area contributed by atoms with E-state index < -0.39 is 5.97 Å². The molecule has 2 aliphatic heterocycles. The molecule has 0 aromatic heterocycles. The molecule has 0 aliphatic carbocycles. The number of amides is 2. The Morgan fingerprint density at radius 2 is 2.00 bits per heavy atom. The molecule has 1 atom stereocenters. The maximum Gasteiger partial charge on any atom is 0.320 e. The van der Waals surface area contributed by atoms with Crippen molar-refractivity contribution in [1.82, 2.24) is 9.80 Å². The predicted octanol–water partition coefficient (Wildman–Crippen LogP) is 2.51. The minimum atomic E-state index is -0.821. The Balaban J connectivity index is 2.02. The second-order valence-electron chi connectivity index (χ2n) is 6.18. The molecule has 0 saturated carbocycles. The highest BCUT2D eigenvalue weighted by atomic mass is 32.2. The monoisotopic (exact) mass is 314 g/mol. The summed E-state index contributed by atoms with van der Waals surface area (Å²) < 4.78 is 0. The molecule has 0 radical (unpaired) electrons. The van der Waals surface area contributed by atoms with Crippen molar-refractivity contribution in [3.8, 4) is 0 Å². The number of hydrogen-bond acceptors (Lipinski definition) is 3. The van der Waals surface area contributed by atoms with E-state index in [1.807, 2.05) is 4.90 Å². The van der Waals surface area contributed by atoms with Gasteiger partial charge in [0.05, 0.1) is 12.5 Å². The molecule has 5 nitrogen and oxygen atoms in total. The number of likely N-dealkylation sites (tertiary alicyclic amines) is 1. The Morgan fingerprint density at radius 3 is 2.57 bits per heavy atom. The minimum Gasteiger partial charge on any atom is -0.481 e. The predicted molar refractivity (Wildman–Crippen MR) is 84.7 cm³/mol. The van der Waals surface area contributed by atoms with Crippen molar-refractivity contribution >= 4 is 23.8 Å². The number of aliphatic carboxylic acids is 1. The van der Waals surface area contributed by atoms with Gasteiger partial charge in [-0.3, -0.25) is 4.79 Å². The van der Waals surface area contributed by atoms with Crippen LogP contribution in [0.1, 0.15) is 39.5 Å². The fourth-order valence-corrected chi connectivity index (χ4v) is 4.45. The van der Waals surface area contributed by atoms with Crippen LogP contribution in [0.3, 0.4) is 0 Å². The zero-order valence-electron chi connectivity index (χ0n) is 13.0. The summed E-state index contributed by atoms with van der Waals surface area (Å²) in [7, 11) is 0. The fraction of sp³-hybridized carbons (Fsp3) is 0.867. The standard InChI is InChI=1S/C15H26N2O3S/c1-3-15(4-2)5-6-16(11-15)14(20)17-7-8-21-10-12(17)9-13(18)19/h12H,3-11H2,1-2H3,(H,18,19). The number of hydrogen-bond donors (Lipinski definition) is 1. The van der Waals surface area contributed by atoms with Gasteiger partial charge >= 0.3 is 12.0 Å². The summed E-state index contributed by atoms with van der Waals surface area (Å²) in [4.78, 5) is 27.5. The lowest BCUT2D eigenvalue weighted by molar-refractivity contribution is -0.138. The van der Waals surface area contributed by atoms with Crippen molar-refractivity contribution in [2.45, 2.75) is 45.6 Å². The largest absolute Gasteiger partial charge is 0.481 e. The van der Waals surface area contributed by atoms with Gasteiger partial charge in [-0.25, -0.2) is 4.79 Å². The molecule has 1 N–H and O–H groups in total. The van der Waals surface area contributed by atoms with E-state index in [0.717, 1.165) is 43.9 Å². The van der Waals surface area contributed by atoms with Crippen molar-refractivity contribution in [3.63, 3.8) is 0 Å². The van der Waals surface area contributed by atoms with Gasteiger partial charge in [-0.05, 0) is 24.7 Å². The number of urea groups is 1. The van der Waals surface area contributed by atoms with Gasteiger partial charge in [0.25, 0.3) is 0 Å². The SMILES string of the molecule is CCC1(CC)CCN(C(=O)N2CCSCC2CC(=O)O)C1. The zero-order chi connectivity index (χ0) is 15.5. The van der Waals surface area contributed by atoms with Crippen LogP contribution in [-0.4, -0.2) is 64.1 Å². The number of carboxylic acid groups (broad SMARTS) is 1. The molecule has 2 aliphatic rings. The highest BCUT2D eigenvalue weighted by Gasteiger charge is 2.40. The van der Waals surface area contributed by atoms with Gasteiger partial charge in [-0.2, -0.15) is 11.8 Å². The molecule has 6 heteroatoms. The van der Waals surface area contributed by atoms with Crippen LogP contribution in [-0.2, 0) is 4.79 Å². The lowest BCUT2D eigenvalue weighted by Crippen LogP contribution is -2.52. The highest BCUT2D eigenvalue weighted by Crippen LogP contribution is 2.37. The Morgan fingerprint density at radius 1 is 1.29 bits per heavy atom.